The van der Waals surface area contributed by atoms with Crippen molar-refractivity contribution >= 4 is 5.78 Å². The van der Waals surface area contributed by atoms with Crippen LogP contribution in [0.5, 0.6) is 0 Å². The second kappa shape index (κ2) is 2.97. The minimum Gasteiger partial charge on any atom is -0.299 e. The summed E-state index contributed by atoms with van der Waals surface area (Å²) < 4.78 is 0. The van der Waals surface area contributed by atoms with Gasteiger partial charge in [-0.15, -0.1) is 0 Å². The fourth-order valence-corrected chi connectivity index (χ4v) is 2.90. The molecule has 2 aliphatic carbocycles. The number of carbonyl (C=O) groups is 1. The highest BCUT2D eigenvalue weighted by Gasteiger charge is 2.37. The minimum atomic E-state index is 0.385. The van der Waals surface area contributed by atoms with Crippen molar-refractivity contribution in [3.05, 3.63) is 11.1 Å². The molecule has 0 aromatic carbocycles. The van der Waals surface area contributed by atoms with E-state index in [1.807, 2.05) is 0 Å². The number of Topliss-reactive ketones (excluding diaryl/α,β-unsaturated/α-hetero) is 1. The van der Waals surface area contributed by atoms with Crippen LogP contribution < -0.4 is 0 Å². The molecule has 1 fully saturated rings. The van der Waals surface area contributed by atoms with E-state index >= 15 is 0 Å². The van der Waals surface area contributed by atoms with Gasteiger partial charge in [-0.3, -0.25) is 4.79 Å². The monoisotopic (exact) mass is 178 g/mol. The first-order valence-corrected chi connectivity index (χ1v) is 5.33. The maximum atomic E-state index is 11.4. The molecule has 0 aliphatic heterocycles. The molecule has 0 amide bonds. The van der Waals surface area contributed by atoms with Crippen molar-refractivity contribution in [1.82, 2.24) is 0 Å². The molecule has 0 N–H and O–H groups in total. The van der Waals surface area contributed by atoms with E-state index < -0.39 is 0 Å². The van der Waals surface area contributed by atoms with Crippen molar-refractivity contribution in [1.29, 1.82) is 0 Å². The lowest BCUT2D eigenvalue weighted by atomic mass is 9.64. The average Bonchev–Trinajstić information content (AvgIpc) is 2.08. The molecule has 0 aromatic heterocycles. The summed E-state index contributed by atoms with van der Waals surface area (Å²) in [6, 6.07) is 0. The van der Waals surface area contributed by atoms with E-state index in [1.54, 1.807) is 0 Å². The Labute approximate surface area is 80.2 Å². The molecule has 0 radical (unpaired) electrons. The van der Waals surface area contributed by atoms with Crippen molar-refractivity contribution in [2.45, 2.75) is 52.4 Å². The Balaban J connectivity index is 2.35. The van der Waals surface area contributed by atoms with E-state index in [4.69, 9.17) is 0 Å². The first-order chi connectivity index (χ1) is 6.12. The van der Waals surface area contributed by atoms with Crippen molar-refractivity contribution in [2.75, 3.05) is 0 Å². The molecular weight excluding hydrogens is 160 g/mol. The van der Waals surface area contributed by atoms with Gasteiger partial charge < -0.3 is 0 Å². The Hall–Kier alpha value is -0.590. The average molecular weight is 178 g/mol. The van der Waals surface area contributed by atoms with Crippen LogP contribution in [0.2, 0.25) is 0 Å². The zero-order valence-electron chi connectivity index (χ0n) is 8.65. The van der Waals surface area contributed by atoms with E-state index in [0.717, 1.165) is 19.3 Å². The second-order valence-corrected chi connectivity index (χ2v) is 4.89. The third-order valence-corrected chi connectivity index (χ3v) is 3.85. The van der Waals surface area contributed by atoms with E-state index in [0.29, 0.717) is 11.2 Å². The predicted molar refractivity (Wildman–Crippen MR) is 53.5 cm³/mol. The zero-order chi connectivity index (χ0) is 9.47. The summed E-state index contributed by atoms with van der Waals surface area (Å²) in [6.07, 6.45) is 6.50. The van der Waals surface area contributed by atoms with Crippen LogP contribution in [0.3, 0.4) is 0 Å². The van der Waals surface area contributed by atoms with Crippen LogP contribution in [0.15, 0.2) is 11.1 Å². The third kappa shape index (κ3) is 1.45. The summed E-state index contributed by atoms with van der Waals surface area (Å²) in [5.74, 6) is 0.453. The van der Waals surface area contributed by atoms with Crippen LogP contribution in [-0.2, 0) is 4.79 Å². The van der Waals surface area contributed by atoms with Gasteiger partial charge in [-0.05, 0) is 38.0 Å². The van der Waals surface area contributed by atoms with Gasteiger partial charge in [0, 0.05) is 12.8 Å². The first kappa shape index (κ1) is 8.98. The number of hydrogen-bond donors (Lipinski definition) is 0. The molecule has 2 aliphatic rings. The van der Waals surface area contributed by atoms with Gasteiger partial charge in [0.2, 0.25) is 0 Å². The lowest BCUT2D eigenvalue weighted by molar-refractivity contribution is -0.120. The smallest absolute Gasteiger partial charge is 0.136 e. The van der Waals surface area contributed by atoms with E-state index in [-0.39, 0.29) is 0 Å². The number of allylic oxidation sites excluding steroid dienone is 2. The number of fused-ring (bicyclic) bond motifs is 1. The quantitative estimate of drug-likeness (QED) is 0.520. The Kier molecular flexibility index (Phi) is 2.05. The SMILES string of the molecule is CC1=C2CC(=O)CCC2(C)CCC1. The summed E-state index contributed by atoms with van der Waals surface area (Å²) in [5, 5.41) is 0. The predicted octanol–water partition coefficient (Wildman–Crippen LogP) is 3.25. The molecule has 72 valence electrons. The summed E-state index contributed by atoms with van der Waals surface area (Å²) in [4.78, 5) is 11.4. The van der Waals surface area contributed by atoms with E-state index in [9.17, 15) is 4.79 Å². The number of rotatable bonds is 0. The molecule has 1 atom stereocenters. The van der Waals surface area contributed by atoms with Crippen molar-refractivity contribution in [2.24, 2.45) is 5.41 Å². The molecule has 1 saturated carbocycles. The number of ketones is 1. The molecular formula is C12H18O. The molecule has 0 heterocycles. The highest BCUT2D eigenvalue weighted by Crippen LogP contribution is 2.48. The van der Waals surface area contributed by atoms with Gasteiger partial charge in [0.15, 0.2) is 0 Å². The maximum Gasteiger partial charge on any atom is 0.136 e. The Morgan fingerprint density at radius 3 is 2.77 bits per heavy atom. The Bertz CT molecular complexity index is 275. The lowest BCUT2D eigenvalue weighted by Crippen LogP contribution is -2.30. The van der Waals surface area contributed by atoms with Gasteiger partial charge in [0.05, 0.1) is 0 Å². The van der Waals surface area contributed by atoms with Gasteiger partial charge in [-0.1, -0.05) is 18.1 Å². The molecule has 0 aromatic rings. The summed E-state index contributed by atoms with van der Waals surface area (Å²) >= 11 is 0. The maximum absolute atomic E-state index is 11.4. The van der Waals surface area contributed by atoms with Gasteiger partial charge in [0.1, 0.15) is 5.78 Å². The van der Waals surface area contributed by atoms with Gasteiger partial charge in [0.25, 0.3) is 0 Å². The van der Waals surface area contributed by atoms with Crippen LogP contribution in [0, 0.1) is 5.41 Å². The van der Waals surface area contributed by atoms with Gasteiger partial charge in [-0.25, -0.2) is 0 Å². The number of carbonyl (C=O) groups excluding carboxylic acids is 1. The van der Waals surface area contributed by atoms with Crippen molar-refractivity contribution in [3.63, 3.8) is 0 Å². The van der Waals surface area contributed by atoms with E-state index in [2.05, 4.69) is 13.8 Å². The van der Waals surface area contributed by atoms with Crippen LogP contribution in [-0.4, -0.2) is 5.78 Å². The minimum absolute atomic E-state index is 0.385. The lowest BCUT2D eigenvalue weighted by Gasteiger charge is -2.40. The summed E-state index contributed by atoms with van der Waals surface area (Å²) in [7, 11) is 0. The fourth-order valence-electron chi connectivity index (χ4n) is 2.90. The topological polar surface area (TPSA) is 17.1 Å². The third-order valence-electron chi connectivity index (χ3n) is 3.85. The molecule has 1 heteroatoms. The van der Waals surface area contributed by atoms with Crippen LogP contribution in [0.25, 0.3) is 0 Å². The molecule has 13 heavy (non-hydrogen) atoms. The van der Waals surface area contributed by atoms with Crippen LogP contribution in [0.1, 0.15) is 52.4 Å². The molecule has 0 bridgehead atoms. The Morgan fingerprint density at radius 1 is 1.23 bits per heavy atom. The Morgan fingerprint density at radius 2 is 2.00 bits per heavy atom. The van der Waals surface area contributed by atoms with Gasteiger partial charge >= 0.3 is 0 Å². The van der Waals surface area contributed by atoms with Crippen molar-refractivity contribution < 1.29 is 4.79 Å². The summed E-state index contributed by atoms with van der Waals surface area (Å²) in [6.45, 7) is 4.56. The highest BCUT2D eigenvalue weighted by atomic mass is 16.1. The number of hydrogen-bond acceptors (Lipinski definition) is 1. The second-order valence-electron chi connectivity index (χ2n) is 4.89. The van der Waals surface area contributed by atoms with E-state index in [1.165, 1.54) is 30.4 Å². The molecule has 2 rings (SSSR count). The van der Waals surface area contributed by atoms with Gasteiger partial charge in [-0.2, -0.15) is 0 Å². The molecule has 1 nitrogen and oxygen atoms in total. The summed E-state index contributed by atoms with van der Waals surface area (Å²) in [5.41, 5.74) is 3.37. The van der Waals surface area contributed by atoms with Crippen LogP contribution >= 0.6 is 0 Å². The first-order valence-electron chi connectivity index (χ1n) is 5.33. The molecule has 0 spiro atoms. The molecule has 1 unspecified atom stereocenters. The largest absolute Gasteiger partial charge is 0.299 e. The van der Waals surface area contributed by atoms with Crippen LogP contribution in [0.4, 0.5) is 0 Å². The molecule has 0 saturated heterocycles. The fraction of sp³-hybridized carbons (Fsp3) is 0.750. The standard InChI is InChI=1S/C12H18O/c1-9-4-3-6-12(2)7-5-10(13)8-11(9)12/h3-8H2,1-2H3. The normalized spacial score (nSPS) is 34.8. The van der Waals surface area contributed by atoms with Crippen molar-refractivity contribution in [3.8, 4) is 0 Å². The highest BCUT2D eigenvalue weighted by molar-refractivity contribution is 5.82. The zero-order valence-corrected chi connectivity index (χ0v) is 8.65.